The third kappa shape index (κ3) is 4.41. The molecule has 1 saturated heterocycles. The van der Waals surface area contributed by atoms with Gasteiger partial charge in [0, 0.05) is 20.1 Å². The molecule has 6 heteroatoms. The van der Waals surface area contributed by atoms with E-state index in [0.29, 0.717) is 25.9 Å². The number of amides is 2. The molecule has 0 unspecified atom stereocenters. The number of nitrogens with zero attached hydrogens (tertiary/aromatic N) is 3. The van der Waals surface area contributed by atoms with Crippen LogP contribution in [0.15, 0.2) is 0 Å². The Hall–Kier alpha value is -1.77. The molecular weight excluding hydrogens is 258 g/mol. The van der Waals surface area contributed by atoms with Gasteiger partial charge in [0.15, 0.2) is 0 Å². The fraction of sp³-hybridized carbons (Fsp3) is 0.786. The highest BCUT2D eigenvalue weighted by Gasteiger charge is 2.37. The van der Waals surface area contributed by atoms with Gasteiger partial charge in [-0.2, -0.15) is 5.26 Å². The van der Waals surface area contributed by atoms with Crippen molar-refractivity contribution in [2.45, 2.75) is 51.7 Å². The first-order valence-electron chi connectivity index (χ1n) is 6.88. The van der Waals surface area contributed by atoms with Gasteiger partial charge in [0.05, 0.1) is 12.5 Å². The van der Waals surface area contributed by atoms with Crippen LogP contribution in [0.4, 0.5) is 4.79 Å². The molecule has 0 aromatic rings. The van der Waals surface area contributed by atoms with E-state index < -0.39 is 17.7 Å². The molecule has 1 heterocycles. The lowest BCUT2D eigenvalue weighted by molar-refractivity contribution is -0.134. The number of likely N-dealkylation sites (N-methyl/N-ethyl adjacent to an activating group) is 1. The molecule has 1 aliphatic rings. The minimum absolute atomic E-state index is 0.122. The first-order chi connectivity index (χ1) is 9.26. The fourth-order valence-electron chi connectivity index (χ4n) is 2.14. The molecule has 0 aromatic heterocycles. The number of hydrogen-bond acceptors (Lipinski definition) is 4. The van der Waals surface area contributed by atoms with Gasteiger partial charge in [-0.1, -0.05) is 0 Å². The Labute approximate surface area is 120 Å². The Morgan fingerprint density at radius 3 is 2.65 bits per heavy atom. The maximum atomic E-state index is 12.3. The van der Waals surface area contributed by atoms with E-state index in [-0.39, 0.29) is 5.91 Å². The normalized spacial score (nSPS) is 18.6. The Bertz CT molecular complexity index is 409. The van der Waals surface area contributed by atoms with Crippen LogP contribution in [-0.4, -0.2) is 53.6 Å². The van der Waals surface area contributed by atoms with E-state index in [1.165, 1.54) is 9.80 Å². The van der Waals surface area contributed by atoms with Crippen molar-refractivity contribution in [2.75, 3.05) is 20.1 Å². The van der Waals surface area contributed by atoms with E-state index in [4.69, 9.17) is 10.00 Å². The molecule has 1 atom stereocenters. The SMILES string of the molecule is CN(CCC#N)C(=O)[C@@H]1CCCN1C(=O)OC(C)(C)C. The standard InChI is InChI=1S/C14H23N3O3/c1-14(2,3)20-13(19)17-10-5-7-11(17)12(18)16(4)9-6-8-15/h11H,5-7,9-10H2,1-4H3/t11-/m0/s1. The summed E-state index contributed by atoms with van der Waals surface area (Å²) in [6.45, 7) is 6.33. The monoisotopic (exact) mass is 281 g/mol. The summed E-state index contributed by atoms with van der Waals surface area (Å²) >= 11 is 0. The summed E-state index contributed by atoms with van der Waals surface area (Å²) in [7, 11) is 1.66. The van der Waals surface area contributed by atoms with Crippen LogP contribution in [0.2, 0.25) is 0 Å². The molecule has 0 saturated carbocycles. The Balaban J connectivity index is 2.67. The van der Waals surface area contributed by atoms with Crippen LogP contribution >= 0.6 is 0 Å². The number of nitriles is 1. The van der Waals surface area contributed by atoms with E-state index in [9.17, 15) is 9.59 Å². The molecule has 0 spiro atoms. The number of carbonyl (C=O) groups excluding carboxylic acids is 2. The largest absolute Gasteiger partial charge is 0.444 e. The summed E-state index contributed by atoms with van der Waals surface area (Å²) in [4.78, 5) is 27.4. The quantitative estimate of drug-likeness (QED) is 0.790. The lowest BCUT2D eigenvalue weighted by Gasteiger charge is -2.30. The van der Waals surface area contributed by atoms with Gasteiger partial charge >= 0.3 is 6.09 Å². The van der Waals surface area contributed by atoms with Crippen LogP contribution in [0.5, 0.6) is 0 Å². The fourth-order valence-corrected chi connectivity index (χ4v) is 2.14. The van der Waals surface area contributed by atoms with Gasteiger partial charge in [-0.25, -0.2) is 4.79 Å². The Morgan fingerprint density at radius 2 is 2.10 bits per heavy atom. The predicted molar refractivity (Wildman–Crippen MR) is 73.8 cm³/mol. The second-order valence-electron chi connectivity index (χ2n) is 6.00. The van der Waals surface area contributed by atoms with Crippen LogP contribution in [0, 0.1) is 11.3 Å². The predicted octanol–water partition coefficient (Wildman–Crippen LogP) is 1.76. The highest BCUT2D eigenvalue weighted by molar-refractivity contribution is 5.86. The van der Waals surface area contributed by atoms with Crippen LogP contribution in [0.1, 0.15) is 40.0 Å². The van der Waals surface area contributed by atoms with Crippen molar-refractivity contribution >= 4 is 12.0 Å². The van der Waals surface area contributed by atoms with Crippen molar-refractivity contribution in [2.24, 2.45) is 0 Å². The maximum Gasteiger partial charge on any atom is 0.410 e. The molecule has 20 heavy (non-hydrogen) atoms. The van der Waals surface area contributed by atoms with Crippen molar-refractivity contribution < 1.29 is 14.3 Å². The van der Waals surface area contributed by atoms with Crippen molar-refractivity contribution in [3.8, 4) is 6.07 Å². The number of ether oxygens (including phenoxy) is 1. The van der Waals surface area contributed by atoms with Gasteiger partial charge in [-0.15, -0.1) is 0 Å². The van der Waals surface area contributed by atoms with E-state index in [0.717, 1.165) is 6.42 Å². The number of hydrogen-bond donors (Lipinski definition) is 0. The molecule has 0 N–H and O–H groups in total. The van der Waals surface area contributed by atoms with Crippen molar-refractivity contribution in [1.82, 2.24) is 9.80 Å². The zero-order valence-electron chi connectivity index (χ0n) is 12.7. The van der Waals surface area contributed by atoms with Gasteiger partial charge in [-0.05, 0) is 33.6 Å². The molecule has 0 radical (unpaired) electrons. The highest BCUT2D eigenvalue weighted by Crippen LogP contribution is 2.22. The van der Waals surface area contributed by atoms with E-state index in [2.05, 4.69) is 0 Å². The molecule has 0 aromatic carbocycles. The Morgan fingerprint density at radius 1 is 1.45 bits per heavy atom. The third-order valence-electron chi connectivity index (χ3n) is 3.10. The molecule has 0 aliphatic carbocycles. The lowest BCUT2D eigenvalue weighted by Crippen LogP contribution is -2.48. The highest BCUT2D eigenvalue weighted by atomic mass is 16.6. The average Bonchev–Trinajstić information content (AvgIpc) is 2.82. The van der Waals surface area contributed by atoms with Crippen molar-refractivity contribution in [3.05, 3.63) is 0 Å². The summed E-state index contributed by atoms with van der Waals surface area (Å²) in [6.07, 6.45) is 1.29. The van der Waals surface area contributed by atoms with Crippen LogP contribution in [0.3, 0.4) is 0 Å². The van der Waals surface area contributed by atoms with Gasteiger partial charge < -0.3 is 9.64 Å². The van der Waals surface area contributed by atoms with E-state index >= 15 is 0 Å². The van der Waals surface area contributed by atoms with E-state index in [1.807, 2.05) is 6.07 Å². The van der Waals surface area contributed by atoms with Crippen molar-refractivity contribution in [1.29, 1.82) is 5.26 Å². The minimum atomic E-state index is -0.569. The lowest BCUT2D eigenvalue weighted by atomic mass is 10.2. The third-order valence-corrected chi connectivity index (χ3v) is 3.10. The van der Waals surface area contributed by atoms with Gasteiger partial charge in [0.2, 0.25) is 5.91 Å². The average molecular weight is 281 g/mol. The van der Waals surface area contributed by atoms with E-state index in [1.54, 1.807) is 27.8 Å². The molecule has 0 bridgehead atoms. The zero-order valence-corrected chi connectivity index (χ0v) is 12.7. The number of rotatable bonds is 3. The first-order valence-corrected chi connectivity index (χ1v) is 6.88. The van der Waals surface area contributed by atoms with Crippen LogP contribution < -0.4 is 0 Å². The molecule has 6 nitrogen and oxygen atoms in total. The summed E-state index contributed by atoms with van der Waals surface area (Å²) in [6, 6.07) is 1.55. The summed E-state index contributed by atoms with van der Waals surface area (Å²) in [5.74, 6) is -0.122. The first kappa shape index (κ1) is 16.3. The summed E-state index contributed by atoms with van der Waals surface area (Å²) < 4.78 is 5.33. The molecule has 112 valence electrons. The molecular formula is C14H23N3O3. The van der Waals surface area contributed by atoms with Crippen LogP contribution in [0.25, 0.3) is 0 Å². The zero-order chi connectivity index (χ0) is 15.3. The number of likely N-dealkylation sites (tertiary alicyclic amines) is 1. The second kappa shape index (κ2) is 6.60. The maximum absolute atomic E-state index is 12.3. The summed E-state index contributed by atoms with van der Waals surface area (Å²) in [5, 5.41) is 8.56. The Kier molecular flexibility index (Phi) is 5.37. The van der Waals surface area contributed by atoms with Gasteiger partial charge in [0.1, 0.15) is 11.6 Å². The van der Waals surface area contributed by atoms with Gasteiger partial charge in [-0.3, -0.25) is 9.69 Å². The molecule has 1 aliphatic heterocycles. The van der Waals surface area contributed by atoms with Gasteiger partial charge in [0.25, 0.3) is 0 Å². The second-order valence-corrected chi connectivity index (χ2v) is 6.00. The smallest absolute Gasteiger partial charge is 0.410 e. The summed E-state index contributed by atoms with van der Waals surface area (Å²) in [5.41, 5.74) is -0.569. The van der Waals surface area contributed by atoms with Crippen molar-refractivity contribution in [3.63, 3.8) is 0 Å². The van der Waals surface area contributed by atoms with Crippen LogP contribution in [-0.2, 0) is 9.53 Å². The molecule has 2 amide bonds. The molecule has 1 rings (SSSR count). The topological polar surface area (TPSA) is 73.6 Å². The molecule has 1 fully saturated rings. The minimum Gasteiger partial charge on any atom is -0.444 e. The number of carbonyl (C=O) groups is 2.